The number of nitrogens with two attached hydrogens (primary N) is 1. The van der Waals surface area contributed by atoms with Crippen molar-refractivity contribution < 1.29 is 14.5 Å². The quantitative estimate of drug-likeness (QED) is 0.204. The van der Waals surface area contributed by atoms with Gasteiger partial charge >= 0.3 is 5.97 Å². The van der Waals surface area contributed by atoms with Crippen molar-refractivity contribution in [2.45, 2.75) is 0 Å². The number of aromatic nitrogens is 2. The Labute approximate surface area is 173 Å². The molecule has 2 aromatic heterocycles. The second kappa shape index (κ2) is 8.61. The number of methoxy groups -OCH3 is 1. The number of hydrogen-bond acceptors (Lipinski definition) is 7. The largest absolute Gasteiger partial charge is 0.465 e. The summed E-state index contributed by atoms with van der Waals surface area (Å²) in [4.78, 5) is 29.8. The summed E-state index contributed by atoms with van der Waals surface area (Å²) >= 11 is 3.32. The van der Waals surface area contributed by atoms with Crippen LogP contribution in [0.15, 0.2) is 65.4 Å². The fourth-order valence-electron chi connectivity index (χ4n) is 2.67. The number of nitrogens with zero attached hydrogens (tertiary/aromatic N) is 3. The highest BCUT2D eigenvalue weighted by molar-refractivity contribution is 9.10. The molecule has 2 heterocycles. The lowest BCUT2D eigenvalue weighted by Crippen LogP contribution is -2.02. The molecule has 0 saturated carbocycles. The van der Waals surface area contributed by atoms with Crippen molar-refractivity contribution in [1.29, 1.82) is 0 Å². The Kier molecular flexibility index (Phi) is 5.99. The molecule has 0 aliphatic rings. The highest BCUT2D eigenvalue weighted by atomic mass is 79.9. The predicted octanol–water partition coefficient (Wildman–Crippen LogP) is 4.51. The topological polar surface area (TPSA) is 121 Å². The van der Waals surface area contributed by atoms with Crippen molar-refractivity contribution in [3.8, 4) is 0 Å². The highest BCUT2D eigenvalue weighted by Crippen LogP contribution is 2.25. The molecule has 0 aliphatic heterocycles. The van der Waals surface area contributed by atoms with Crippen molar-refractivity contribution >= 4 is 55.1 Å². The first kappa shape index (κ1) is 20.2. The third-order valence-corrected chi connectivity index (χ3v) is 4.75. The van der Waals surface area contributed by atoms with Gasteiger partial charge in [0.25, 0.3) is 5.69 Å². The highest BCUT2D eigenvalue weighted by Gasteiger charge is 2.10. The minimum Gasteiger partial charge on any atom is -0.465 e. The molecule has 0 unspecified atom stereocenters. The molecule has 0 aliphatic carbocycles. The number of hydrogen-bond donors (Lipinski definition) is 1. The number of carbonyl (C=O) groups is 1. The summed E-state index contributed by atoms with van der Waals surface area (Å²) in [5.74, 6) is -0.381. The number of carbonyl (C=O) groups excluding carboxylic acids is 1. The maximum absolute atomic E-state index is 11.4. The molecule has 0 saturated heterocycles. The fourth-order valence-corrected chi connectivity index (χ4v) is 3.10. The normalized spacial score (nSPS) is 10.3. The van der Waals surface area contributed by atoms with Crippen molar-refractivity contribution in [1.82, 2.24) is 9.97 Å². The van der Waals surface area contributed by atoms with Gasteiger partial charge in [0.2, 0.25) is 0 Å². The van der Waals surface area contributed by atoms with Crippen molar-refractivity contribution in [3.05, 3.63) is 81.1 Å². The van der Waals surface area contributed by atoms with E-state index in [9.17, 15) is 14.9 Å². The number of nitrogen functional groups attached to an aromatic ring is 1. The number of benzene rings is 2. The Hall–Kier alpha value is -3.59. The molecule has 9 heteroatoms. The first-order chi connectivity index (χ1) is 13.9. The summed E-state index contributed by atoms with van der Waals surface area (Å²) in [6.45, 7) is 0. The van der Waals surface area contributed by atoms with Gasteiger partial charge in [0.1, 0.15) is 0 Å². The van der Waals surface area contributed by atoms with E-state index in [4.69, 9.17) is 5.73 Å². The molecule has 0 spiro atoms. The number of halogens is 1. The Bertz CT molecular complexity index is 1230. The fraction of sp³-hybridized carbons (Fsp3) is 0.0500. The maximum Gasteiger partial charge on any atom is 0.338 e. The van der Waals surface area contributed by atoms with Crippen molar-refractivity contribution in [2.75, 3.05) is 12.8 Å². The summed E-state index contributed by atoms with van der Waals surface area (Å²) in [5, 5.41) is 12.0. The smallest absolute Gasteiger partial charge is 0.338 e. The zero-order valence-corrected chi connectivity index (χ0v) is 16.8. The van der Waals surface area contributed by atoms with Crippen LogP contribution in [0.5, 0.6) is 0 Å². The minimum atomic E-state index is -0.418. The average Bonchev–Trinajstić information content (AvgIpc) is 2.73. The van der Waals surface area contributed by atoms with Crippen LogP contribution in [0.3, 0.4) is 0 Å². The number of non-ortho nitro benzene ring substituents is 1. The standard InChI is InChI=1S/C11H10N2O2.C9H5BrN2O2/c1-15-11(14)8-4-5-13-10-3-2-7(12)6-9(8)10;10-8-3-4-11-9-2-1-6(12(13)14)5-7(8)9/h2-6H,12H2,1H3;1-5H. The number of nitro groups is 1. The van der Waals surface area contributed by atoms with Gasteiger partial charge in [-0.2, -0.15) is 0 Å². The van der Waals surface area contributed by atoms with Crippen LogP contribution in [0, 0.1) is 10.1 Å². The molecule has 4 aromatic rings. The van der Waals surface area contributed by atoms with Crippen LogP contribution >= 0.6 is 15.9 Å². The monoisotopic (exact) mass is 454 g/mol. The van der Waals surface area contributed by atoms with Gasteiger partial charge in [-0.25, -0.2) is 4.79 Å². The number of anilines is 1. The molecular formula is C20H15BrN4O4. The first-order valence-corrected chi connectivity index (χ1v) is 9.11. The van der Waals surface area contributed by atoms with Gasteiger partial charge in [0.05, 0.1) is 28.6 Å². The number of pyridine rings is 2. The van der Waals surface area contributed by atoms with E-state index in [0.717, 1.165) is 20.9 Å². The lowest BCUT2D eigenvalue weighted by atomic mass is 10.1. The van der Waals surface area contributed by atoms with E-state index < -0.39 is 4.92 Å². The van der Waals surface area contributed by atoms with Crippen LogP contribution < -0.4 is 5.73 Å². The third-order valence-electron chi connectivity index (χ3n) is 4.05. The summed E-state index contributed by atoms with van der Waals surface area (Å²) in [6.07, 6.45) is 3.23. The summed E-state index contributed by atoms with van der Waals surface area (Å²) in [6, 6.07) is 13.2. The summed E-state index contributed by atoms with van der Waals surface area (Å²) in [5.41, 5.74) is 8.28. The van der Waals surface area contributed by atoms with Crippen LogP contribution in [-0.2, 0) is 4.74 Å². The lowest BCUT2D eigenvalue weighted by molar-refractivity contribution is -0.384. The second-order valence-corrected chi connectivity index (χ2v) is 6.73. The van der Waals surface area contributed by atoms with E-state index in [2.05, 4.69) is 30.6 Å². The lowest BCUT2D eigenvalue weighted by Gasteiger charge is -2.04. The van der Waals surface area contributed by atoms with E-state index in [1.807, 2.05) is 0 Å². The summed E-state index contributed by atoms with van der Waals surface area (Å²) in [7, 11) is 1.35. The number of esters is 1. The van der Waals surface area contributed by atoms with Gasteiger partial charge in [-0.1, -0.05) is 15.9 Å². The van der Waals surface area contributed by atoms with E-state index in [1.54, 1.807) is 48.8 Å². The van der Waals surface area contributed by atoms with Crippen LogP contribution in [0.2, 0.25) is 0 Å². The van der Waals surface area contributed by atoms with E-state index in [-0.39, 0.29) is 11.7 Å². The zero-order chi connectivity index (χ0) is 21.0. The van der Waals surface area contributed by atoms with E-state index >= 15 is 0 Å². The Morgan fingerprint density at radius 2 is 1.69 bits per heavy atom. The van der Waals surface area contributed by atoms with Gasteiger partial charge in [0, 0.05) is 45.5 Å². The molecule has 0 amide bonds. The van der Waals surface area contributed by atoms with Gasteiger partial charge < -0.3 is 10.5 Å². The number of rotatable bonds is 2. The summed E-state index contributed by atoms with van der Waals surface area (Å²) < 4.78 is 5.49. The van der Waals surface area contributed by atoms with E-state index in [0.29, 0.717) is 16.6 Å². The van der Waals surface area contributed by atoms with Gasteiger partial charge in [0.15, 0.2) is 0 Å². The Morgan fingerprint density at radius 1 is 1.03 bits per heavy atom. The van der Waals surface area contributed by atoms with Gasteiger partial charge in [-0.05, 0) is 36.4 Å². The molecule has 0 radical (unpaired) electrons. The Morgan fingerprint density at radius 3 is 2.38 bits per heavy atom. The molecule has 0 bridgehead atoms. The number of nitro benzene ring substituents is 1. The molecule has 29 heavy (non-hydrogen) atoms. The van der Waals surface area contributed by atoms with Crippen molar-refractivity contribution in [3.63, 3.8) is 0 Å². The molecule has 8 nitrogen and oxygen atoms in total. The average molecular weight is 455 g/mol. The minimum absolute atomic E-state index is 0.0752. The van der Waals surface area contributed by atoms with Crippen molar-refractivity contribution in [2.24, 2.45) is 0 Å². The molecule has 0 atom stereocenters. The molecule has 2 aromatic carbocycles. The molecule has 146 valence electrons. The third kappa shape index (κ3) is 4.46. The molecular weight excluding hydrogens is 440 g/mol. The van der Waals surface area contributed by atoms with Crippen LogP contribution in [-0.4, -0.2) is 28.0 Å². The zero-order valence-electron chi connectivity index (χ0n) is 15.2. The van der Waals surface area contributed by atoms with Crippen LogP contribution in [0.25, 0.3) is 21.8 Å². The second-order valence-electron chi connectivity index (χ2n) is 5.88. The number of fused-ring (bicyclic) bond motifs is 2. The van der Waals surface area contributed by atoms with Crippen LogP contribution in [0.1, 0.15) is 10.4 Å². The molecule has 0 fully saturated rings. The predicted molar refractivity (Wildman–Crippen MR) is 114 cm³/mol. The molecule has 2 N–H and O–H groups in total. The van der Waals surface area contributed by atoms with Gasteiger partial charge in [-0.15, -0.1) is 0 Å². The van der Waals surface area contributed by atoms with Crippen LogP contribution in [0.4, 0.5) is 11.4 Å². The SMILES string of the molecule is COC(=O)c1ccnc2ccc(N)cc12.O=[N+]([O-])c1ccc2nccc(Br)c2c1. The molecule has 4 rings (SSSR count). The van der Waals surface area contributed by atoms with Gasteiger partial charge in [-0.3, -0.25) is 20.1 Å². The Balaban J connectivity index is 0.000000166. The van der Waals surface area contributed by atoms with E-state index in [1.165, 1.54) is 19.2 Å². The first-order valence-electron chi connectivity index (χ1n) is 8.32. The maximum atomic E-state index is 11.4. The number of ether oxygens (including phenoxy) is 1.